The average Bonchev–Trinajstić information content (AvgIpc) is 3.08. The quantitative estimate of drug-likeness (QED) is 0.376. The zero-order chi connectivity index (χ0) is 25.1. The van der Waals surface area contributed by atoms with Gasteiger partial charge in [0, 0.05) is 13.1 Å². The molecule has 0 unspecified atom stereocenters. The molecule has 35 heavy (non-hydrogen) atoms. The molecule has 0 atom stereocenters. The van der Waals surface area contributed by atoms with Gasteiger partial charge in [-0.15, -0.1) is 0 Å². The maximum atomic E-state index is 12.8. The normalized spacial score (nSPS) is 17.4. The van der Waals surface area contributed by atoms with Crippen LogP contribution in [0, 0.1) is 0 Å². The monoisotopic (exact) mass is 618 g/mol. The van der Waals surface area contributed by atoms with Crippen LogP contribution < -0.4 is 4.74 Å². The molecule has 2 aromatic carbocycles. The van der Waals surface area contributed by atoms with E-state index in [-0.39, 0.29) is 24.0 Å². The molecule has 2 aromatic rings. The Labute approximate surface area is 229 Å². The first-order valence-electron chi connectivity index (χ1n) is 10.4. The molecule has 0 aromatic heterocycles. The van der Waals surface area contributed by atoms with Crippen molar-refractivity contribution in [3.63, 3.8) is 0 Å². The van der Waals surface area contributed by atoms with E-state index in [1.165, 1.54) is 0 Å². The zero-order valence-corrected chi connectivity index (χ0v) is 22.7. The van der Waals surface area contributed by atoms with Crippen LogP contribution >= 0.6 is 62.5 Å². The summed E-state index contributed by atoms with van der Waals surface area (Å²) in [7, 11) is 0. The van der Waals surface area contributed by atoms with Crippen molar-refractivity contribution in [3.05, 3.63) is 65.9 Å². The first-order chi connectivity index (χ1) is 16.7. The summed E-state index contributed by atoms with van der Waals surface area (Å²) in [6.07, 6.45) is 1.56. The lowest BCUT2D eigenvalue weighted by Gasteiger charge is -2.28. The van der Waals surface area contributed by atoms with Crippen molar-refractivity contribution in [2.24, 2.45) is 0 Å². The summed E-state index contributed by atoms with van der Waals surface area (Å²) in [5.74, 6) is -0.390. The predicted molar refractivity (Wildman–Crippen MR) is 140 cm³/mol. The average molecular weight is 621 g/mol. The Kier molecular flexibility index (Phi) is 8.67. The Balaban J connectivity index is 1.45. The number of hydrogen-bond donors (Lipinski definition) is 0. The zero-order valence-electron chi connectivity index (χ0n) is 18.1. The van der Waals surface area contributed by atoms with Gasteiger partial charge >= 0.3 is 0 Å². The molecule has 0 bridgehead atoms. The smallest absolute Gasteiger partial charge is 0.294 e. The van der Waals surface area contributed by atoms with Gasteiger partial charge in [0.15, 0.2) is 5.75 Å². The molecule has 0 saturated carbocycles. The number of carbonyl (C=O) groups excluding carboxylic acids is 3. The minimum absolute atomic E-state index is 0.206. The number of nitrogens with zero attached hydrogens (tertiary/aromatic N) is 2. The molecular weight excluding hydrogens is 603 g/mol. The number of halogens is 4. The van der Waals surface area contributed by atoms with Gasteiger partial charge in [-0.2, -0.15) is 0 Å². The molecule has 12 heteroatoms. The molecule has 3 amide bonds. The highest BCUT2D eigenvalue weighted by Gasteiger charge is 2.37. The lowest BCUT2D eigenvalue weighted by atomic mass is 10.2. The van der Waals surface area contributed by atoms with E-state index in [4.69, 9.17) is 44.3 Å². The van der Waals surface area contributed by atoms with E-state index in [1.807, 2.05) is 0 Å². The third-order valence-corrected chi connectivity index (χ3v) is 7.73. The minimum atomic E-state index is -0.520. The van der Waals surface area contributed by atoms with Gasteiger partial charge < -0.3 is 14.4 Å². The van der Waals surface area contributed by atoms with Crippen LogP contribution in [0.25, 0.3) is 6.08 Å². The van der Waals surface area contributed by atoms with Gasteiger partial charge in [0.25, 0.3) is 11.1 Å². The molecule has 0 spiro atoms. The van der Waals surface area contributed by atoms with E-state index in [2.05, 4.69) is 15.9 Å². The fourth-order valence-electron chi connectivity index (χ4n) is 3.42. The summed E-state index contributed by atoms with van der Waals surface area (Å²) in [4.78, 5) is 40.5. The highest BCUT2D eigenvalue weighted by Crippen LogP contribution is 2.38. The second-order valence-electron chi connectivity index (χ2n) is 7.61. The van der Waals surface area contributed by atoms with Crippen molar-refractivity contribution in [2.75, 3.05) is 32.8 Å². The van der Waals surface area contributed by atoms with Gasteiger partial charge in [-0.3, -0.25) is 19.3 Å². The number of rotatable bonds is 6. The number of ether oxygens (including phenoxy) is 2. The van der Waals surface area contributed by atoms with Crippen molar-refractivity contribution in [1.29, 1.82) is 0 Å². The van der Waals surface area contributed by atoms with E-state index >= 15 is 0 Å². The van der Waals surface area contributed by atoms with Crippen LogP contribution in [0.5, 0.6) is 5.75 Å². The molecule has 0 N–H and O–H groups in total. The maximum Gasteiger partial charge on any atom is 0.294 e. The van der Waals surface area contributed by atoms with E-state index in [1.54, 1.807) is 41.3 Å². The van der Waals surface area contributed by atoms with E-state index in [0.717, 1.165) is 22.2 Å². The van der Waals surface area contributed by atoms with Gasteiger partial charge in [0.2, 0.25) is 5.91 Å². The second kappa shape index (κ2) is 11.5. The van der Waals surface area contributed by atoms with Crippen molar-refractivity contribution in [2.45, 2.75) is 6.61 Å². The Morgan fingerprint density at radius 2 is 1.83 bits per heavy atom. The summed E-state index contributed by atoms with van der Waals surface area (Å²) in [5.41, 5.74) is 1.40. The number of benzene rings is 2. The van der Waals surface area contributed by atoms with Crippen LogP contribution in [0.4, 0.5) is 4.79 Å². The molecule has 2 aliphatic heterocycles. The maximum absolute atomic E-state index is 12.8. The lowest BCUT2D eigenvalue weighted by Crippen LogP contribution is -2.46. The Morgan fingerprint density at radius 1 is 1.09 bits per heavy atom. The third-order valence-electron chi connectivity index (χ3n) is 5.22. The molecule has 2 heterocycles. The summed E-state index contributed by atoms with van der Waals surface area (Å²) < 4.78 is 11.6. The van der Waals surface area contributed by atoms with Crippen molar-refractivity contribution >= 4 is 85.6 Å². The molecule has 2 aliphatic rings. The number of hydrogen-bond acceptors (Lipinski definition) is 6. The largest absolute Gasteiger partial charge is 0.486 e. The molecule has 2 saturated heterocycles. The molecule has 7 nitrogen and oxygen atoms in total. The number of carbonyl (C=O) groups is 3. The minimum Gasteiger partial charge on any atom is -0.486 e. The van der Waals surface area contributed by atoms with Gasteiger partial charge in [-0.25, -0.2) is 0 Å². The summed E-state index contributed by atoms with van der Waals surface area (Å²) in [6.45, 7) is 1.68. The van der Waals surface area contributed by atoms with Crippen molar-refractivity contribution in [3.8, 4) is 5.75 Å². The van der Waals surface area contributed by atoms with Gasteiger partial charge in [0.1, 0.15) is 13.2 Å². The van der Waals surface area contributed by atoms with Gasteiger partial charge in [0.05, 0.1) is 37.7 Å². The summed E-state index contributed by atoms with van der Waals surface area (Å²) >= 11 is 22.7. The molecule has 0 radical (unpaired) electrons. The number of imide groups is 1. The van der Waals surface area contributed by atoms with E-state index in [0.29, 0.717) is 57.2 Å². The van der Waals surface area contributed by atoms with Crippen molar-refractivity contribution in [1.82, 2.24) is 9.80 Å². The topological polar surface area (TPSA) is 76.2 Å². The van der Waals surface area contributed by atoms with Crippen LogP contribution in [-0.2, 0) is 20.9 Å². The highest BCUT2D eigenvalue weighted by atomic mass is 79.9. The predicted octanol–water partition coefficient (Wildman–Crippen LogP) is 5.88. The number of thioether (sulfide) groups is 1. The molecule has 4 rings (SSSR count). The first kappa shape index (κ1) is 26.3. The SMILES string of the molecule is O=C(CN1C(=O)S/C(=C/c2cc(Cl)c(OCc3ccc(Cl)c(Cl)c3)c(Br)c2)C1=O)N1CCOCC1. The first-order valence-corrected chi connectivity index (χ1v) is 13.1. The van der Waals surface area contributed by atoms with Crippen LogP contribution in [0.2, 0.25) is 15.1 Å². The Bertz CT molecular complexity index is 1200. The Hall–Kier alpha value is -1.75. The van der Waals surface area contributed by atoms with Gasteiger partial charge in [-0.05, 0) is 69.2 Å². The second-order valence-corrected chi connectivity index (χ2v) is 10.7. The van der Waals surface area contributed by atoms with E-state index < -0.39 is 11.1 Å². The van der Waals surface area contributed by atoms with Crippen LogP contribution in [0.15, 0.2) is 39.7 Å². The third kappa shape index (κ3) is 6.34. The highest BCUT2D eigenvalue weighted by molar-refractivity contribution is 9.10. The van der Waals surface area contributed by atoms with Crippen LogP contribution in [-0.4, -0.2) is 59.7 Å². The van der Waals surface area contributed by atoms with Crippen LogP contribution in [0.1, 0.15) is 11.1 Å². The molecule has 0 aliphatic carbocycles. The fraction of sp³-hybridized carbons (Fsp3) is 0.261. The van der Waals surface area contributed by atoms with Crippen molar-refractivity contribution < 1.29 is 23.9 Å². The molecule has 184 valence electrons. The number of morpholine rings is 1. The standard InChI is InChI=1S/C23H18BrCl3N2O5S/c24-15-7-14(9-18(27)21(15)34-12-13-1-2-16(25)17(26)8-13)10-19-22(31)29(23(32)35-19)11-20(30)28-3-5-33-6-4-28/h1-2,7-10H,3-6,11-12H2/b19-10+. The lowest BCUT2D eigenvalue weighted by molar-refractivity contribution is -0.139. The fourth-order valence-corrected chi connectivity index (χ4v) is 5.57. The Morgan fingerprint density at radius 3 is 2.51 bits per heavy atom. The van der Waals surface area contributed by atoms with Crippen LogP contribution in [0.3, 0.4) is 0 Å². The summed E-state index contributed by atoms with van der Waals surface area (Å²) in [5, 5.41) is 0.699. The molecule has 2 fully saturated rings. The van der Waals surface area contributed by atoms with E-state index in [9.17, 15) is 14.4 Å². The van der Waals surface area contributed by atoms with Gasteiger partial charge in [-0.1, -0.05) is 40.9 Å². The number of amides is 3. The summed E-state index contributed by atoms with van der Waals surface area (Å²) in [6, 6.07) is 8.54. The molecular formula is C23H18BrCl3N2O5S.